The smallest absolute Gasteiger partial charge is 0.309 e. The summed E-state index contributed by atoms with van der Waals surface area (Å²) in [4.78, 5) is 36.9. The highest BCUT2D eigenvalue weighted by atomic mass is 16.6. The first-order chi connectivity index (χ1) is 19.7. The molecule has 0 N–H and O–H groups in total. The van der Waals surface area contributed by atoms with Gasteiger partial charge in [0.05, 0.1) is 12.3 Å². The molecule has 4 saturated carbocycles. The van der Waals surface area contributed by atoms with E-state index < -0.39 is 5.60 Å². The number of hydrogen-bond acceptors (Lipinski definition) is 6. The first kappa shape index (κ1) is 33.3. The standard InChI is InChI=1S/C36H60O6/c1-9-23(2)33(39)41-26-16-19-35(7)25(22-26)11-12-27-29-14-13-28(36(29,8)20-17-30(27)35)24(3)10-15-31(37)40-21-18-32(38)42-34(4,5)6/h23-30H,9-22H2,1-8H3. The fourth-order valence-electron chi connectivity index (χ4n) is 10.0. The van der Waals surface area contributed by atoms with Crippen LogP contribution in [0.15, 0.2) is 0 Å². The molecule has 0 radical (unpaired) electrons. The van der Waals surface area contributed by atoms with Crippen molar-refractivity contribution >= 4 is 17.9 Å². The van der Waals surface area contributed by atoms with Crippen molar-refractivity contribution in [3.05, 3.63) is 0 Å². The maximum atomic E-state index is 12.5. The molecule has 240 valence electrons. The fraction of sp³-hybridized carbons (Fsp3) is 0.917. The Balaban J connectivity index is 1.28. The molecule has 10 atom stereocenters. The highest BCUT2D eigenvalue weighted by Crippen LogP contribution is 2.68. The summed E-state index contributed by atoms with van der Waals surface area (Å²) in [6.07, 6.45) is 13.4. The van der Waals surface area contributed by atoms with Crippen molar-refractivity contribution in [2.45, 2.75) is 151 Å². The summed E-state index contributed by atoms with van der Waals surface area (Å²) in [7, 11) is 0. The van der Waals surface area contributed by atoms with E-state index in [0.717, 1.165) is 43.4 Å². The molecular weight excluding hydrogens is 528 g/mol. The van der Waals surface area contributed by atoms with E-state index in [9.17, 15) is 14.4 Å². The van der Waals surface area contributed by atoms with Crippen molar-refractivity contribution in [1.82, 2.24) is 0 Å². The molecule has 0 bridgehead atoms. The molecule has 0 spiro atoms. The van der Waals surface area contributed by atoms with Crippen LogP contribution in [0.3, 0.4) is 0 Å². The summed E-state index contributed by atoms with van der Waals surface area (Å²) >= 11 is 0. The van der Waals surface area contributed by atoms with Crippen molar-refractivity contribution < 1.29 is 28.6 Å². The molecule has 42 heavy (non-hydrogen) atoms. The van der Waals surface area contributed by atoms with Crippen molar-refractivity contribution in [1.29, 1.82) is 0 Å². The quantitative estimate of drug-likeness (QED) is 0.189. The summed E-state index contributed by atoms with van der Waals surface area (Å²) < 4.78 is 16.7. The van der Waals surface area contributed by atoms with Gasteiger partial charge in [0.25, 0.3) is 0 Å². The van der Waals surface area contributed by atoms with E-state index in [1.807, 2.05) is 27.7 Å². The molecule has 0 saturated heterocycles. The Morgan fingerprint density at radius 3 is 2.24 bits per heavy atom. The number of fused-ring (bicyclic) bond motifs is 5. The average Bonchev–Trinajstić information content (AvgIpc) is 3.27. The van der Waals surface area contributed by atoms with Gasteiger partial charge in [0.1, 0.15) is 18.3 Å². The molecule has 0 aromatic carbocycles. The molecule has 0 amide bonds. The van der Waals surface area contributed by atoms with Gasteiger partial charge >= 0.3 is 17.9 Å². The Kier molecular flexibility index (Phi) is 10.5. The molecule has 10 unspecified atom stereocenters. The van der Waals surface area contributed by atoms with Crippen molar-refractivity contribution in [3.8, 4) is 0 Å². The van der Waals surface area contributed by atoms with Gasteiger partial charge in [0, 0.05) is 6.42 Å². The Morgan fingerprint density at radius 1 is 0.857 bits per heavy atom. The first-order valence-corrected chi connectivity index (χ1v) is 17.3. The molecule has 6 nitrogen and oxygen atoms in total. The van der Waals surface area contributed by atoms with Crippen molar-refractivity contribution in [3.63, 3.8) is 0 Å². The van der Waals surface area contributed by atoms with Crippen LogP contribution in [0.2, 0.25) is 0 Å². The normalized spacial score (nSPS) is 37.4. The third-order valence-electron chi connectivity index (χ3n) is 12.5. The first-order valence-electron chi connectivity index (χ1n) is 17.3. The minimum absolute atomic E-state index is 0.00224. The zero-order chi connectivity index (χ0) is 30.9. The van der Waals surface area contributed by atoms with Crippen LogP contribution in [0.4, 0.5) is 0 Å². The zero-order valence-electron chi connectivity index (χ0n) is 28.0. The molecule has 4 aliphatic carbocycles. The van der Waals surface area contributed by atoms with Gasteiger partial charge in [0.15, 0.2) is 0 Å². The van der Waals surface area contributed by atoms with Crippen molar-refractivity contribution in [2.75, 3.05) is 6.61 Å². The SMILES string of the molecule is CCC(C)C(=O)OC1CCC2(C)C(CCC3C2CCC2(C)C(C(C)CCC(=O)OCCC(=O)OC(C)(C)C)CCC32)C1. The van der Waals surface area contributed by atoms with E-state index in [1.54, 1.807) is 0 Å². The predicted octanol–water partition coefficient (Wildman–Crippen LogP) is 8.29. The Bertz CT molecular complexity index is 968. The Labute approximate surface area is 255 Å². The number of carbonyl (C=O) groups excluding carboxylic acids is 3. The highest BCUT2D eigenvalue weighted by molar-refractivity contribution is 5.72. The van der Waals surface area contributed by atoms with Crippen LogP contribution in [0, 0.1) is 52.3 Å². The second-order valence-corrected chi connectivity index (χ2v) is 16.1. The minimum atomic E-state index is -0.523. The molecule has 6 heteroatoms. The van der Waals surface area contributed by atoms with Crippen LogP contribution in [0.1, 0.15) is 139 Å². The number of hydrogen-bond donors (Lipinski definition) is 0. The van der Waals surface area contributed by atoms with Gasteiger partial charge in [-0.25, -0.2) is 0 Å². The van der Waals surface area contributed by atoms with Crippen LogP contribution in [0.5, 0.6) is 0 Å². The minimum Gasteiger partial charge on any atom is -0.465 e. The molecule has 4 rings (SSSR count). The molecule has 0 aliphatic heterocycles. The maximum absolute atomic E-state index is 12.5. The molecule has 0 heterocycles. The maximum Gasteiger partial charge on any atom is 0.309 e. The van der Waals surface area contributed by atoms with Crippen LogP contribution in [-0.4, -0.2) is 36.2 Å². The van der Waals surface area contributed by atoms with E-state index in [-0.39, 0.29) is 43.0 Å². The van der Waals surface area contributed by atoms with Crippen LogP contribution in [-0.2, 0) is 28.6 Å². The van der Waals surface area contributed by atoms with Gasteiger partial charge in [-0.2, -0.15) is 0 Å². The van der Waals surface area contributed by atoms with Gasteiger partial charge in [-0.05, 0) is 138 Å². The summed E-state index contributed by atoms with van der Waals surface area (Å²) in [6.45, 7) is 17.1. The molecular formula is C36H60O6. The number of esters is 3. The average molecular weight is 589 g/mol. The lowest BCUT2D eigenvalue weighted by Crippen LogP contribution is -2.54. The van der Waals surface area contributed by atoms with E-state index in [1.165, 1.54) is 44.9 Å². The second kappa shape index (κ2) is 13.2. The Morgan fingerprint density at radius 2 is 1.55 bits per heavy atom. The number of ether oxygens (including phenoxy) is 3. The van der Waals surface area contributed by atoms with Gasteiger partial charge in [-0.1, -0.05) is 34.6 Å². The number of rotatable bonds is 10. The third kappa shape index (κ3) is 7.20. The summed E-state index contributed by atoms with van der Waals surface area (Å²) in [6, 6.07) is 0. The second-order valence-electron chi connectivity index (χ2n) is 16.1. The van der Waals surface area contributed by atoms with Gasteiger partial charge in [-0.15, -0.1) is 0 Å². The molecule has 4 fully saturated rings. The fourth-order valence-corrected chi connectivity index (χ4v) is 10.0. The van der Waals surface area contributed by atoms with E-state index in [2.05, 4.69) is 27.7 Å². The highest BCUT2D eigenvalue weighted by Gasteiger charge is 2.60. The lowest BCUT2D eigenvalue weighted by molar-refractivity contribution is -0.166. The largest absolute Gasteiger partial charge is 0.465 e. The summed E-state index contributed by atoms with van der Waals surface area (Å²) in [5.74, 6) is 3.64. The topological polar surface area (TPSA) is 78.9 Å². The van der Waals surface area contributed by atoms with Gasteiger partial charge in [-0.3, -0.25) is 14.4 Å². The summed E-state index contributed by atoms with van der Waals surface area (Å²) in [5, 5.41) is 0. The zero-order valence-corrected chi connectivity index (χ0v) is 28.0. The van der Waals surface area contributed by atoms with Gasteiger partial charge in [0.2, 0.25) is 0 Å². The van der Waals surface area contributed by atoms with Crippen LogP contribution < -0.4 is 0 Å². The van der Waals surface area contributed by atoms with E-state index in [4.69, 9.17) is 14.2 Å². The lowest BCUT2D eigenvalue weighted by atomic mass is 9.44. The van der Waals surface area contributed by atoms with Crippen LogP contribution in [0.25, 0.3) is 0 Å². The Hall–Kier alpha value is -1.59. The summed E-state index contributed by atoms with van der Waals surface area (Å²) in [5.41, 5.74) is 0.203. The third-order valence-corrected chi connectivity index (χ3v) is 12.5. The molecule has 0 aromatic rings. The van der Waals surface area contributed by atoms with Crippen LogP contribution >= 0.6 is 0 Å². The van der Waals surface area contributed by atoms with Crippen molar-refractivity contribution in [2.24, 2.45) is 52.3 Å². The van der Waals surface area contributed by atoms with E-state index >= 15 is 0 Å². The number of carbonyl (C=O) groups is 3. The van der Waals surface area contributed by atoms with Gasteiger partial charge < -0.3 is 14.2 Å². The lowest BCUT2D eigenvalue weighted by Gasteiger charge is -2.61. The predicted molar refractivity (Wildman–Crippen MR) is 164 cm³/mol. The van der Waals surface area contributed by atoms with E-state index in [0.29, 0.717) is 35.0 Å². The monoisotopic (exact) mass is 588 g/mol. The molecule has 0 aromatic heterocycles. The molecule has 4 aliphatic rings.